The third kappa shape index (κ3) is 5.29. The molecule has 188 valence electrons. The minimum Gasteiger partial charge on any atom is -0.486 e. The predicted molar refractivity (Wildman–Crippen MR) is 155 cm³/mol. The predicted octanol–water partition coefficient (Wildman–Crippen LogP) is 5.97. The molecule has 5 rings (SSSR count). The fourth-order valence-electron chi connectivity index (χ4n) is 4.18. The molecule has 0 amide bonds. The molecule has 2 atom stereocenters. The highest BCUT2D eigenvalue weighted by Gasteiger charge is 2.23. The molecule has 36 heavy (non-hydrogen) atoms. The lowest BCUT2D eigenvalue weighted by atomic mass is 10.1. The zero-order chi connectivity index (χ0) is 25.4. The van der Waals surface area contributed by atoms with Crippen LogP contribution in [0.1, 0.15) is 18.6 Å². The molecule has 8 nitrogen and oxygen atoms in total. The van der Waals surface area contributed by atoms with E-state index in [0.717, 1.165) is 28.0 Å². The molecule has 1 unspecified atom stereocenters. The van der Waals surface area contributed by atoms with E-state index in [4.69, 9.17) is 33.0 Å². The number of hydrogen-bond acceptors (Lipinski definition) is 7. The number of pyridine rings is 2. The molecule has 0 N–H and O–H groups in total. The number of nitrogens with zero attached hydrogens (tertiary/aromatic N) is 5. The first kappa shape index (κ1) is 25.9. The Kier molecular flexibility index (Phi) is 7.61. The summed E-state index contributed by atoms with van der Waals surface area (Å²) in [4.78, 5) is 10.6. The average Bonchev–Trinajstić information content (AvgIpc) is 3.22. The smallest absolute Gasteiger partial charge is 0.153 e. The van der Waals surface area contributed by atoms with E-state index < -0.39 is 9.84 Å². The van der Waals surface area contributed by atoms with Crippen LogP contribution >= 0.6 is 51.6 Å². The van der Waals surface area contributed by atoms with Crippen molar-refractivity contribution in [1.82, 2.24) is 19.5 Å². The van der Waals surface area contributed by atoms with Crippen molar-refractivity contribution in [2.75, 3.05) is 29.5 Å². The molecule has 3 aromatic heterocycles. The number of aromatic nitrogens is 4. The van der Waals surface area contributed by atoms with E-state index in [9.17, 15) is 8.42 Å². The van der Waals surface area contributed by atoms with Crippen LogP contribution in [0.25, 0.3) is 22.2 Å². The number of halogens is 3. The molecule has 0 radical (unpaired) electrons. The summed E-state index contributed by atoms with van der Waals surface area (Å²) in [6.07, 6.45) is 4.92. The quantitative estimate of drug-likeness (QED) is 0.184. The molecular weight excluding hydrogens is 655 g/mol. The average molecular weight is 676 g/mol. The topological polar surface area (TPSA) is 90.2 Å². The maximum absolute atomic E-state index is 11.7. The minimum absolute atomic E-state index is 0.152. The molecule has 13 heteroatoms. The summed E-state index contributed by atoms with van der Waals surface area (Å²) in [6.45, 7) is 2.79. The van der Waals surface area contributed by atoms with Gasteiger partial charge in [-0.05, 0) is 59.3 Å². The standard InChI is InChI=1S/C23H21Cl2IN5O3PS/c1-14(22-18(24)12-27-13-19(22)25)34-16-3-4-20-17(10-16)23(29-31(20)35-26)15-2-5-21(28-11-15)30-6-8-36(32,33)9-7-30/h2-5,10-14,35H,6-9H2,1H3/t14-/m1/s1. The molecule has 1 aromatic carbocycles. The molecule has 4 heterocycles. The van der Waals surface area contributed by atoms with E-state index in [1.54, 1.807) is 18.6 Å². The van der Waals surface area contributed by atoms with Crippen LogP contribution < -0.4 is 9.64 Å². The van der Waals surface area contributed by atoms with Gasteiger partial charge in [0.05, 0.1) is 33.4 Å². The highest BCUT2D eigenvalue weighted by molar-refractivity contribution is 14.2. The maximum atomic E-state index is 11.7. The second kappa shape index (κ2) is 10.6. The van der Waals surface area contributed by atoms with Crippen LogP contribution in [-0.4, -0.2) is 52.5 Å². The first-order valence-corrected chi connectivity index (χ1v) is 17.7. The van der Waals surface area contributed by atoms with Crippen molar-refractivity contribution in [2.45, 2.75) is 13.0 Å². The molecule has 1 aliphatic rings. The zero-order valence-corrected chi connectivity index (χ0v) is 24.5. The third-order valence-electron chi connectivity index (χ3n) is 6.03. The zero-order valence-electron chi connectivity index (χ0n) is 19.0. The fourth-order valence-corrected chi connectivity index (χ4v) is 7.58. The van der Waals surface area contributed by atoms with Crippen molar-refractivity contribution in [3.8, 4) is 17.0 Å². The van der Waals surface area contributed by atoms with Gasteiger partial charge >= 0.3 is 0 Å². The SMILES string of the molecule is C[C@@H](Oc1ccc2c(c1)c(-c1ccc(N3CCS(=O)(=O)CC3)nc1)nn2PI)c1c(Cl)cncc1Cl. The maximum Gasteiger partial charge on any atom is 0.153 e. The number of rotatable bonds is 6. The molecule has 1 saturated heterocycles. The normalized spacial score (nSPS) is 16.6. The van der Waals surface area contributed by atoms with Gasteiger partial charge in [-0.2, -0.15) is 5.10 Å². The van der Waals surface area contributed by atoms with Crippen LogP contribution in [0.2, 0.25) is 10.0 Å². The van der Waals surface area contributed by atoms with E-state index in [1.165, 1.54) is 0 Å². The fraction of sp³-hybridized carbons (Fsp3) is 0.261. The lowest BCUT2D eigenvalue weighted by molar-refractivity contribution is 0.227. The van der Waals surface area contributed by atoms with Crippen LogP contribution in [0.15, 0.2) is 48.9 Å². The largest absolute Gasteiger partial charge is 0.486 e. The second-order valence-electron chi connectivity index (χ2n) is 8.34. The van der Waals surface area contributed by atoms with Gasteiger partial charge in [0.1, 0.15) is 23.4 Å². The molecular formula is C23H21Cl2IN5O3PS. The Morgan fingerprint density at radius 3 is 2.44 bits per heavy atom. The van der Waals surface area contributed by atoms with Gasteiger partial charge in [-0.25, -0.2) is 17.9 Å². The van der Waals surface area contributed by atoms with E-state index in [2.05, 4.69) is 32.0 Å². The molecule has 1 aliphatic heterocycles. The Labute approximate surface area is 233 Å². The van der Waals surface area contributed by atoms with Crippen molar-refractivity contribution >= 4 is 78.2 Å². The summed E-state index contributed by atoms with van der Waals surface area (Å²) in [5, 5.41) is 6.67. The van der Waals surface area contributed by atoms with Crippen molar-refractivity contribution < 1.29 is 13.2 Å². The summed E-state index contributed by atoms with van der Waals surface area (Å²) in [7, 11) is -2.95. The molecule has 1 fully saturated rings. The highest BCUT2D eigenvalue weighted by Crippen LogP contribution is 2.38. The lowest BCUT2D eigenvalue weighted by Crippen LogP contribution is -2.40. The molecule has 0 spiro atoms. The van der Waals surface area contributed by atoms with Crippen molar-refractivity contribution in [2.24, 2.45) is 0 Å². The van der Waals surface area contributed by atoms with Gasteiger partial charge in [-0.1, -0.05) is 23.2 Å². The van der Waals surface area contributed by atoms with Gasteiger partial charge in [-0.15, -0.1) is 0 Å². The third-order valence-corrected chi connectivity index (χ3v) is 10.1. The Hall–Kier alpha value is -1.72. The summed E-state index contributed by atoms with van der Waals surface area (Å²) in [6, 6.07) is 9.76. The first-order chi connectivity index (χ1) is 17.3. The summed E-state index contributed by atoms with van der Waals surface area (Å²) in [5.74, 6) is 1.73. The first-order valence-electron chi connectivity index (χ1n) is 11.0. The monoisotopic (exact) mass is 675 g/mol. The van der Waals surface area contributed by atoms with E-state index in [0.29, 0.717) is 40.8 Å². The number of anilines is 1. The second-order valence-corrected chi connectivity index (χ2v) is 13.5. The van der Waals surface area contributed by atoms with Crippen LogP contribution in [0, 0.1) is 0 Å². The summed E-state index contributed by atoms with van der Waals surface area (Å²) < 4.78 is 31.7. The highest BCUT2D eigenvalue weighted by atomic mass is 127. The van der Waals surface area contributed by atoms with Gasteiger partial charge < -0.3 is 9.64 Å². The van der Waals surface area contributed by atoms with E-state index >= 15 is 0 Å². The van der Waals surface area contributed by atoms with Crippen LogP contribution in [0.5, 0.6) is 5.75 Å². The summed E-state index contributed by atoms with van der Waals surface area (Å²) in [5.41, 5.74) is 3.34. The van der Waals surface area contributed by atoms with Gasteiger partial charge in [-0.3, -0.25) is 4.98 Å². The number of hydrogen-bond donors (Lipinski definition) is 0. The van der Waals surface area contributed by atoms with E-state index in [1.807, 2.05) is 46.6 Å². The van der Waals surface area contributed by atoms with Crippen LogP contribution in [0.3, 0.4) is 0 Å². The number of sulfone groups is 1. The van der Waals surface area contributed by atoms with Gasteiger partial charge in [0.25, 0.3) is 0 Å². The molecule has 0 bridgehead atoms. The van der Waals surface area contributed by atoms with Crippen LogP contribution in [-0.2, 0) is 9.84 Å². The molecule has 0 saturated carbocycles. The van der Waals surface area contributed by atoms with E-state index in [-0.39, 0.29) is 17.6 Å². The summed E-state index contributed by atoms with van der Waals surface area (Å²) >= 11 is 14.9. The Balaban J connectivity index is 1.45. The Morgan fingerprint density at radius 1 is 1.08 bits per heavy atom. The number of benzene rings is 1. The van der Waals surface area contributed by atoms with Gasteiger partial charge in [0.15, 0.2) is 9.84 Å². The van der Waals surface area contributed by atoms with Crippen molar-refractivity contribution in [3.63, 3.8) is 0 Å². The van der Waals surface area contributed by atoms with Gasteiger partial charge in [0.2, 0.25) is 0 Å². The minimum atomic E-state index is -2.95. The Morgan fingerprint density at radius 2 is 1.81 bits per heavy atom. The van der Waals surface area contributed by atoms with Crippen LogP contribution in [0.4, 0.5) is 5.82 Å². The van der Waals surface area contributed by atoms with Crippen molar-refractivity contribution in [3.05, 3.63) is 64.5 Å². The van der Waals surface area contributed by atoms with Gasteiger partial charge in [0, 0.05) is 48.2 Å². The number of ether oxygens (including phenoxy) is 1. The lowest BCUT2D eigenvalue weighted by Gasteiger charge is -2.27. The number of fused-ring (bicyclic) bond motifs is 1. The van der Waals surface area contributed by atoms with Crippen molar-refractivity contribution in [1.29, 1.82) is 0 Å². The molecule has 4 aromatic rings. The Bertz CT molecular complexity index is 1500. The molecule has 0 aliphatic carbocycles.